The first-order chi connectivity index (χ1) is 9.27. The smallest absolute Gasteiger partial charge is 0.416 e. The fraction of sp³-hybridized carbons (Fsp3) is 0.182. The molecule has 0 bridgehead atoms. The number of aromatic nitrogens is 1. The van der Waals surface area contributed by atoms with Gasteiger partial charge in [0.25, 0.3) is 0 Å². The van der Waals surface area contributed by atoms with Crippen molar-refractivity contribution in [1.29, 1.82) is 0 Å². The van der Waals surface area contributed by atoms with Crippen molar-refractivity contribution in [2.45, 2.75) is 12.7 Å². The summed E-state index contributed by atoms with van der Waals surface area (Å²) in [6, 6.07) is 1.37. The van der Waals surface area contributed by atoms with Crippen LogP contribution in [-0.2, 0) is 12.7 Å². The number of thiazole rings is 1. The summed E-state index contributed by atoms with van der Waals surface area (Å²) in [7, 11) is 0. The number of hydrogen-bond acceptors (Lipinski definition) is 4. The molecule has 0 amide bonds. The lowest BCUT2D eigenvalue weighted by Gasteiger charge is -2.13. The Hall–Kier alpha value is -1.18. The molecular weight excluding hydrogens is 336 g/mol. The molecule has 1 aromatic heterocycles. The van der Waals surface area contributed by atoms with E-state index in [2.05, 4.69) is 10.3 Å². The predicted molar refractivity (Wildman–Crippen MR) is 72.6 cm³/mol. The first kappa shape index (κ1) is 15.2. The van der Waals surface area contributed by atoms with Gasteiger partial charge in [-0.15, -0.1) is 11.3 Å². The van der Waals surface area contributed by atoms with Crippen LogP contribution in [0.4, 0.5) is 18.9 Å². The third-order valence-electron chi connectivity index (χ3n) is 2.36. The summed E-state index contributed by atoms with van der Waals surface area (Å²) in [4.78, 5) is 4.57. The van der Waals surface area contributed by atoms with Crippen molar-refractivity contribution in [3.8, 4) is 5.75 Å². The Kier molecular flexibility index (Phi) is 4.31. The summed E-state index contributed by atoms with van der Waals surface area (Å²) in [6.45, 7) is 0.239. The summed E-state index contributed by atoms with van der Waals surface area (Å²) in [6.07, 6.45) is -3.04. The molecule has 0 spiro atoms. The maximum atomic E-state index is 12.5. The zero-order chi connectivity index (χ0) is 14.9. The summed E-state index contributed by atoms with van der Waals surface area (Å²) in [5.41, 5.74) is -0.976. The zero-order valence-corrected chi connectivity index (χ0v) is 12.0. The molecule has 2 N–H and O–H groups in total. The summed E-state index contributed by atoms with van der Waals surface area (Å²) in [5.74, 6) is -0.569. The molecule has 0 aliphatic rings. The lowest BCUT2D eigenvalue weighted by Crippen LogP contribution is -2.06. The number of phenols is 1. The second-order valence-corrected chi connectivity index (χ2v) is 5.89. The van der Waals surface area contributed by atoms with E-state index in [1.165, 1.54) is 17.5 Å². The van der Waals surface area contributed by atoms with Crippen molar-refractivity contribution in [2.24, 2.45) is 0 Å². The Morgan fingerprint density at radius 1 is 1.30 bits per heavy atom. The highest BCUT2D eigenvalue weighted by Gasteiger charge is 2.32. The highest BCUT2D eigenvalue weighted by atomic mass is 35.5. The number of phenolic OH excluding ortho intramolecular Hbond substituents is 1. The van der Waals surface area contributed by atoms with Crippen molar-refractivity contribution in [3.63, 3.8) is 0 Å². The number of nitrogens with zero attached hydrogens (tertiary/aromatic N) is 1. The van der Waals surface area contributed by atoms with Gasteiger partial charge < -0.3 is 10.4 Å². The molecule has 0 atom stereocenters. The van der Waals surface area contributed by atoms with E-state index in [1.807, 2.05) is 0 Å². The highest BCUT2D eigenvalue weighted by Crippen LogP contribution is 2.39. The van der Waals surface area contributed by atoms with Gasteiger partial charge in [0.1, 0.15) is 5.75 Å². The van der Waals surface area contributed by atoms with Crippen LogP contribution in [0.15, 0.2) is 18.3 Å². The topological polar surface area (TPSA) is 45.1 Å². The molecule has 9 heteroatoms. The fourth-order valence-electron chi connectivity index (χ4n) is 1.47. The quantitative estimate of drug-likeness (QED) is 0.788. The van der Waals surface area contributed by atoms with E-state index >= 15 is 0 Å². The minimum Gasteiger partial charge on any atom is -0.506 e. The second-order valence-electron chi connectivity index (χ2n) is 3.78. The number of nitrogens with one attached hydrogen (secondary N) is 1. The molecular formula is C11H7Cl2F3N2OS. The lowest BCUT2D eigenvalue weighted by atomic mass is 10.2. The number of rotatable bonds is 3. The monoisotopic (exact) mass is 342 g/mol. The van der Waals surface area contributed by atoms with Crippen LogP contribution in [0.1, 0.15) is 10.4 Å². The Labute approximate surface area is 126 Å². The molecule has 2 rings (SSSR count). The van der Waals surface area contributed by atoms with Crippen LogP contribution in [0, 0.1) is 0 Å². The van der Waals surface area contributed by atoms with E-state index in [-0.39, 0.29) is 17.3 Å². The fourth-order valence-corrected chi connectivity index (χ4v) is 2.67. The van der Waals surface area contributed by atoms with E-state index < -0.39 is 17.5 Å². The van der Waals surface area contributed by atoms with Crippen molar-refractivity contribution < 1.29 is 18.3 Å². The van der Waals surface area contributed by atoms with Gasteiger partial charge in [0.05, 0.1) is 22.8 Å². The van der Waals surface area contributed by atoms with Gasteiger partial charge in [-0.25, -0.2) is 4.98 Å². The van der Waals surface area contributed by atoms with E-state index in [1.54, 1.807) is 0 Å². The van der Waals surface area contributed by atoms with Crippen LogP contribution >= 0.6 is 34.5 Å². The molecule has 1 aromatic carbocycles. The summed E-state index contributed by atoms with van der Waals surface area (Å²) >= 11 is 12.6. The number of aromatic hydroxyl groups is 1. The van der Waals surface area contributed by atoms with Gasteiger partial charge in [-0.2, -0.15) is 13.2 Å². The number of alkyl halides is 3. The molecule has 1 heterocycles. The SMILES string of the molecule is Oc1cc(C(F)(F)F)cc(Cl)c1NCc1cnc(Cl)s1. The van der Waals surface area contributed by atoms with E-state index in [0.717, 1.165) is 10.9 Å². The van der Waals surface area contributed by atoms with E-state index in [4.69, 9.17) is 23.2 Å². The molecule has 0 fully saturated rings. The minimum absolute atomic E-state index is 0.0317. The van der Waals surface area contributed by atoms with Crippen LogP contribution in [0.3, 0.4) is 0 Å². The van der Waals surface area contributed by atoms with Gasteiger partial charge in [0, 0.05) is 11.1 Å². The molecule has 20 heavy (non-hydrogen) atoms. The molecule has 3 nitrogen and oxygen atoms in total. The first-order valence-corrected chi connectivity index (χ1v) is 6.78. The number of halogens is 5. The average Bonchev–Trinajstić information content (AvgIpc) is 2.72. The molecule has 0 unspecified atom stereocenters. The first-order valence-electron chi connectivity index (χ1n) is 5.21. The van der Waals surface area contributed by atoms with Crippen molar-refractivity contribution in [2.75, 3.05) is 5.32 Å². The van der Waals surface area contributed by atoms with Gasteiger partial charge >= 0.3 is 6.18 Å². The van der Waals surface area contributed by atoms with Crippen LogP contribution in [0.25, 0.3) is 0 Å². The standard InChI is InChI=1S/C11H7Cl2F3N2OS/c12-7-1-5(11(14,15)16)2-8(19)9(7)17-3-6-4-18-10(13)20-6/h1-2,4,17,19H,3H2. The molecule has 0 aliphatic carbocycles. The predicted octanol–water partition coefficient (Wildman–Crippen LogP) is 4.79. The third-order valence-corrected chi connectivity index (χ3v) is 3.77. The van der Waals surface area contributed by atoms with Crippen molar-refractivity contribution in [1.82, 2.24) is 4.98 Å². The van der Waals surface area contributed by atoms with Crippen LogP contribution in [0.2, 0.25) is 9.49 Å². The second kappa shape index (κ2) is 5.67. The third kappa shape index (κ3) is 3.47. The highest BCUT2D eigenvalue weighted by molar-refractivity contribution is 7.15. The van der Waals surface area contributed by atoms with Gasteiger partial charge in [-0.3, -0.25) is 0 Å². The van der Waals surface area contributed by atoms with Gasteiger partial charge in [0.15, 0.2) is 4.47 Å². The summed E-state index contributed by atoms with van der Waals surface area (Å²) in [5, 5.41) is 12.2. The van der Waals surface area contributed by atoms with Gasteiger partial charge in [-0.1, -0.05) is 23.2 Å². The van der Waals surface area contributed by atoms with Gasteiger partial charge in [0.2, 0.25) is 0 Å². The van der Waals surface area contributed by atoms with Crippen molar-refractivity contribution in [3.05, 3.63) is 38.3 Å². The lowest BCUT2D eigenvalue weighted by molar-refractivity contribution is -0.137. The normalized spacial score (nSPS) is 11.7. The van der Waals surface area contributed by atoms with E-state index in [9.17, 15) is 18.3 Å². The Balaban J connectivity index is 2.20. The molecule has 0 radical (unpaired) electrons. The van der Waals surface area contributed by atoms with E-state index in [0.29, 0.717) is 10.5 Å². The number of benzene rings is 1. The number of hydrogen-bond donors (Lipinski definition) is 2. The van der Waals surface area contributed by atoms with Crippen LogP contribution in [-0.4, -0.2) is 10.1 Å². The molecule has 2 aromatic rings. The van der Waals surface area contributed by atoms with Gasteiger partial charge in [-0.05, 0) is 12.1 Å². The molecule has 0 saturated carbocycles. The minimum atomic E-state index is -4.56. The maximum absolute atomic E-state index is 12.5. The largest absolute Gasteiger partial charge is 0.506 e. The van der Waals surface area contributed by atoms with Crippen LogP contribution in [0.5, 0.6) is 5.75 Å². The Morgan fingerprint density at radius 2 is 2.00 bits per heavy atom. The Morgan fingerprint density at radius 3 is 2.50 bits per heavy atom. The molecule has 0 aliphatic heterocycles. The zero-order valence-electron chi connectivity index (χ0n) is 9.63. The Bertz CT molecular complexity index is 607. The molecule has 108 valence electrons. The average molecular weight is 343 g/mol. The molecule has 0 saturated heterocycles. The van der Waals surface area contributed by atoms with Crippen molar-refractivity contribution >= 4 is 40.2 Å². The summed E-state index contributed by atoms with van der Waals surface area (Å²) < 4.78 is 37.9. The number of anilines is 1. The maximum Gasteiger partial charge on any atom is 0.416 e. The van der Waals surface area contributed by atoms with Crippen LogP contribution < -0.4 is 5.32 Å².